The number of aliphatic carboxylic acids is 1. The van der Waals surface area contributed by atoms with Crippen molar-refractivity contribution in [2.45, 2.75) is 38.1 Å². The lowest BCUT2D eigenvalue weighted by atomic mass is 9.98. The normalized spacial score (nSPS) is 25.4. The zero-order valence-electron chi connectivity index (χ0n) is 8.94. The standard InChI is InChI=1S/C10H16ClNO3/c1-3-6(2)9(10(14)15)12-5-7(11)4-8(12)13/h6-7,9H,3-5H2,1-2H3,(H,14,15)/t6-,7?,9+/m0/s1. The molecule has 1 amide bonds. The van der Waals surface area contributed by atoms with Crippen LogP contribution in [-0.4, -0.2) is 39.8 Å². The fourth-order valence-corrected chi connectivity index (χ4v) is 2.14. The van der Waals surface area contributed by atoms with Crippen LogP contribution >= 0.6 is 11.6 Å². The second-order valence-electron chi connectivity index (χ2n) is 4.02. The Hall–Kier alpha value is -0.770. The zero-order valence-corrected chi connectivity index (χ0v) is 9.70. The topological polar surface area (TPSA) is 57.6 Å². The molecule has 1 fully saturated rings. The van der Waals surface area contributed by atoms with E-state index in [9.17, 15) is 9.59 Å². The number of carboxylic acid groups (broad SMARTS) is 1. The van der Waals surface area contributed by atoms with Gasteiger partial charge in [-0.3, -0.25) is 4.79 Å². The number of carbonyl (C=O) groups is 2. The molecule has 0 saturated carbocycles. The van der Waals surface area contributed by atoms with Crippen molar-refractivity contribution in [2.75, 3.05) is 6.54 Å². The van der Waals surface area contributed by atoms with Crippen LogP contribution in [0.25, 0.3) is 0 Å². The van der Waals surface area contributed by atoms with Crippen LogP contribution in [0, 0.1) is 5.92 Å². The predicted molar refractivity (Wildman–Crippen MR) is 56.8 cm³/mol. The fraction of sp³-hybridized carbons (Fsp3) is 0.800. The number of rotatable bonds is 4. The first-order chi connectivity index (χ1) is 6.97. The van der Waals surface area contributed by atoms with Crippen molar-refractivity contribution in [2.24, 2.45) is 5.92 Å². The predicted octanol–water partition coefficient (Wildman–Crippen LogP) is 1.33. The van der Waals surface area contributed by atoms with Gasteiger partial charge in [0, 0.05) is 13.0 Å². The molecule has 1 saturated heterocycles. The van der Waals surface area contributed by atoms with E-state index in [-0.39, 0.29) is 23.6 Å². The molecule has 4 nitrogen and oxygen atoms in total. The monoisotopic (exact) mass is 233 g/mol. The summed E-state index contributed by atoms with van der Waals surface area (Å²) >= 11 is 5.84. The summed E-state index contributed by atoms with van der Waals surface area (Å²) in [4.78, 5) is 24.0. The molecule has 0 bridgehead atoms. The van der Waals surface area contributed by atoms with Gasteiger partial charge in [0.05, 0.1) is 5.38 Å². The number of alkyl halides is 1. The number of amides is 1. The Morgan fingerprint density at radius 1 is 1.73 bits per heavy atom. The Morgan fingerprint density at radius 2 is 2.33 bits per heavy atom. The summed E-state index contributed by atoms with van der Waals surface area (Å²) in [5, 5.41) is 8.86. The molecule has 1 heterocycles. The largest absolute Gasteiger partial charge is 0.480 e. The van der Waals surface area contributed by atoms with E-state index < -0.39 is 12.0 Å². The van der Waals surface area contributed by atoms with Crippen molar-refractivity contribution >= 4 is 23.5 Å². The van der Waals surface area contributed by atoms with Gasteiger partial charge in [0.1, 0.15) is 6.04 Å². The third-order valence-electron chi connectivity index (χ3n) is 2.88. The van der Waals surface area contributed by atoms with Crippen LogP contribution < -0.4 is 0 Å². The van der Waals surface area contributed by atoms with Crippen LogP contribution in [-0.2, 0) is 9.59 Å². The maximum absolute atomic E-state index is 11.5. The van der Waals surface area contributed by atoms with Crippen LogP contribution in [0.15, 0.2) is 0 Å². The van der Waals surface area contributed by atoms with Gasteiger partial charge in [0.15, 0.2) is 0 Å². The molecule has 5 heteroatoms. The van der Waals surface area contributed by atoms with Crippen molar-refractivity contribution in [3.05, 3.63) is 0 Å². The van der Waals surface area contributed by atoms with Crippen molar-refractivity contribution in [1.29, 1.82) is 0 Å². The number of hydrogen-bond donors (Lipinski definition) is 1. The van der Waals surface area contributed by atoms with E-state index in [4.69, 9.17) is 16.7 Å². The molecule has 3 atom stereocenters. The van der Waals surface area contributed by atoms with E-state index in [2.05, 4.69) is 0 Å². The summed E-state index contributed by atoms with van der Waals surface area (Å²) in [6.45, 7) is 4.11. The van der Waals surface area contributed by atoms with Crippen LogP contribution in [0.5, 0.6) is 0 Å². The van der Waals surface area contributed by atoms with Crippen molar-refractivity contribution in [3.8, 4) is 0 Å². The van der Waals surface area contributed by atoms with Gasteiger partial charge >= 0.3 is 5.97 Å². The maximum atomic E-state index is 11.5. The van der Waals surface area contributed by atoms with Gasteiger partial charge in [-0.15, -0.1) is 11.6 Å². The van der Waals surface area contributed by atoms with Crippen molar-refractivity contribution < 1.29 is 14.7 Å². The minimum atomic E-state index is -0.941. The third-order valence-corrected chi connectivity index (χ3v) is 3.18. The highest BCUT2D eigenvalue weighted by molar-refractivity contribution is 6.22. The van der Waals surface area contributed by atoms with Crippen molar-refractivity contribution in [3.63, 3.8) is 0 Å². The lowest BCUT2D eigenvalue weighted by molar-refractivity contribution is -0.150. The summed E-state index contributed by atoms with van der Waals surface area (Å²) in [6.07, 6.45) is 0.982. The molecular formula is C10H16ClNO3. The minimum Gasteiger partial charge on any atom is -0.480 e. The Kier molecular flexibility index (Phi) is 3.97. The molecule has 15 heavy (non-hydrogen) atoms. The van der Waals surface area contributed by atoms with E-state index >= 15 is 0 Å². The number of hydrogen-bond acceptors (Lipinski definition) is 2. The van der Waals surface area contributed by atoms with E-state index in [1.54, 1.807) is 0 Å². The van der Waals surface area contributed by atoms with Gasteiger partial charge < -0.3 is 10.0 Å². The van der Waals surface area contributed by atoms with Gasteiger partial charge in [-0.2, -0.15) is 0 Å². The number of carboxylic acids is 1. The molecule has 1 aliphatic heterocycles. The molecule has 0 aromatic heterocycles. The second kappa shape index (κ2) is 4.84. The highest BCUT2D eigenvalue weighted by Gasteiger charge is 2.39. The van der Waals surface area contributed by atoms with Gasteiger partial charge in [-0.1, -0.05) is 20.3 Å². The average molecular weight is 234 g/mol. The molecular weight excluding hydrogens is 218 g/mol. The first-order valence-corrected chi connectivity index (χ1v) is 5.57. The number of likely N-dealkylation sites (tertiary alicyclic amines) is 1. The maximum Gasteiger partial charge on any atom is 0.326 e. The summed E-state index contributed by atoms with van der Waals surface area (Å²) in [5.74, 6) is -1.14. The summed E-state index contributed by atoms with van der Waals surface area (Å²) in [6, 6.07) is -0.730. The first-order valence-electron chi connectivity index (χ1n) is 5.13. The van der Waals surface area contributed by atoms with E-state index in [0.717, 1.165) is 6.42 Å². The average Bonchev–Trinajstić information content (AvgIpc) is 2.45. The molecule has 86 valence electrons. The number of halogens is 1. The van der Waals surface area contributed by atoms with Crippen LogP contribution in [0.3, 0.4) is 0 Å². The van der Waals surface area contributed by atoms with E-state index in [1.807, 2.05) is 13.8 Å². The first kappa shape index (κ1) is 12.3. The lowest BCUT2D eigenvalue weighted by Gasteiger charge is -2.28. The summed E-state index contributed by atoms with van der Waals surface area (Å²) in [7, 11) is 0. The van der Waals surface area contributed by atoms with Gasteiger partial charge in [-0.05, 0) is 5.92 Å². The molecule has 1 aliphatic rings. The van der Waals surface area contributed by atoms with Gasteiger partial charge in [0.25, 0.3) is 0 Å². The molecule has 0 aromatic rings. The molecule has 0 spiro atoms. The number of nitrogens with zero attached hydrogens (tertiary/aromatic N) is 1. The molecule has 1 rings (SSSR count). The zero-order chi connectivity index (χ0) is 11.6. The number of carbonyl (C=O) groups excluding carboxylic acids is 1. The van der Waals surface area contributed by atoms with Gasteiger partial charge in [-0.25, -0.2) is 4.79 Å². The third kappa shape index (κ3) is 2.62. The Bertz CT molecular complexity index is 269. The molecule has 0 aliphatic carbocycles. The fourth-order valence-electron chi connectivity index (χ4n) is 1.86. The van der Waals surface area contributed by atoms with E-state index in [1.165, 1.54) is 4.90 Å². The molecule has 0 radical (unpaired) electrons. The van der Waals surface area contributed by atoms with Crippen LogP contribution in [0.4, 0.5) is 0 Å². The summed E-state index contributed by atoms with van der Waals surface area (Å²) in [5.41, 5.74) is 0. The lowest BCUT2D eigenvalue weighted by Crippen LogP contribution is -2.46. The van der Waals surface area contributed by atoms with Crippen LogP contribution in [0.1, 0.15) is 26.7 Å². The van der Waals surface area contributed by atoms with Crippen LogP contribution in [0.2, 0.25) is 0 Å². The van der Waals surface area contributed by atoms with Crippen molar-refractivity contribution in [1.82, 2.24) is 4.90 Å². The Balaban J connectivity index is 2.81. The Morgan fingerprint density at radius 3 is 2.67 bits per heavy atom. The van der Waals surface area contributed by atoms with Gasteiger partial charge in [0.2, 0.25) is 5.91 Å². The molecule has 1 unspecified atom stereocenters. The highest BCUT2D eigenvalue weighted by atomic mass is 35.5. The van der Waals surface area contributed by atoms with E-state index in [0.29, 0.717) is 6.54 Å². The second-order valence-corrected chi connectivity index (χ2v) is 4.63. The Labute approximate surface area is 94.2 Å². The quantitative estimate of drug-likeness (QED) is 0.746. The SMILES string of the molecule is CC[C@H](C)[C@H](C(=O)O)N1CC(Cl)CC1=O. The highest BCUT2D eigenvalue weighted by Crippen LogP contribution is 2.24. The smallest absolute Gasteiger partial charge is 0.326 e. The molecule has 1 N–H and O–H groups in total. The minimum absolute atomic E-state index is 0.0478. The summed E-state index contributed by atoms with van der Waals surface area (Å²) < 4.78 is 0. The molecule has 0 aromatic carbocycles.